The summed E-state index contributed by atoms with van der Waals surface area (Å²) in [6.07, 6.45) is 0.639. The van der Waals surface area contributed by atoms with Gasteiger partial charge in [0.25, 0.3) is 5.69 Å². The van der Waals surface area contributed by atoms with Crippen molar-refractivity contribution in [3.63, 3.8) is 0 Å². The van der Waals surface area contributed by atoms with Crippen LogP contribution in [0.5, 0.6) is 0 Å². The van der Waals surface area contributed by atoms with Gasteiger partial charge >= 0.3 is 0 Å². The third kappa shape index (κ3) is 3.42. The number of nitro benzene ring substituents is 1. The van der Waals surface area contributed by atoms with Crippen LogP contribution >= 0.6 is 15.9 Å². The first-order valence-electron chi connectivity index (χ1n) is 6.11. The van der Waals surface area contributed by atoms with E-state index in [2.05, 4.69) is 15.9 Å². The molecule has 1 unspecified atom stereocenters. The second-order valence-electron chi connectivity index (χ2n) is 4.60. The first kappa shape index (κ1) is 14.7. The number of alkyl halides is 1. The van der Waals surface area contributed by atoms with Crippen molar-refractivity contribution in [3.8, 4) is 0 Å². The minimum atomic E-state index is -0.426. The maximum Gasteiger partial charge on any atom is 0.269 e. The molecule has 2 aromatic rings. The zero-order valence-electron chi connectivity index (χ0n) is 10.8. The molecule has 3 nitrogen and oxygen atoms in total. The number of nitro groups is 1. The fourth-order valence-corrected chi connectivity index (χ4v) is 2.54. The van der Waals surface area contributed by atoms with Gasteiger partial charge in [-0.1, -0.05) is 40.2 Å². The van der Waals surface area contributed by atoms with Crippen LogP contribution in [-0.2, 0) is 6.42 Å². The number of aryl methyl sites for hydroxylation is 1. The monoisotopic (exact) mass is 337 g/mol. The van der Waals surface area contributed by atoms with E-state index in [9.17, 15) is 14.5 Å². The Balaban J connectivity index is 2.12. The van der Waals surface area contributed by atoms with E-state index in [-0.39, 0.29) is 16.3 Å². The van der Waals surface area contributed by atoms with Crippen molar-refractivity contribution < 1.29 is 9.31 Å². The molecule has 2 rings (SSSR count). The standard InChI is InChI=1S/C15H13BrFNO2/c1-10-2-5-12(9-15(10)17)14(16)8-11-3-6-13(7-4-11)18(19)20/h2-7,9,14H,8H2,1H3. The molecule has 1 atom stereocenters. The van der Waals surface area contributed by atoms with Crippen molar-refractivity contribution in [3.05, 3.63) is 75.1 Å². The number of non-ortho nitro benzene ring substituents is 1. The van der Waals surface area contributed by atoms with Gasteiger partial charge in [-0.25, -0.2) is 4.39 Å². The van der Waals surface area contributed by atoms with Crippen molar-refractivity contribution in [1.29, 1.82) is 0 Å². The first-order chi connectivity index (χ1) is 9.47. The van der Waals surface area contributed by atoms with E-state index in [1.54, 1.807) is 25.1 Å². The lowest BCUT2D eigenvalue weighted by Crippen LogP contribution is -1.97. The highest BCUT2D eigenvalue weighted by atomic mass is 79.9. The fourth-order valence-electron chi connectivity index (χ4n) is 1.88. The molecule has 5 heteroatoms. The number of hydrogen-bond acceptors (Lipinski definition) is 2. The van der Waals surface area contributed by atoms with E-state index < -0.39 is 4.92 Å². The quantitative estimate of drug-likeness (QED) is 0.460. The molecule has 0 spiro atoms. The Hall–Kier alpha value is -1.75. The Morgan fingerprint density at radius 1 is 1.25 bits per heavy atom. The zero-order valence-corrected chi connectivity index (χ0v) is 12.4. The van der Waals surface area contributed by atoms with E-state index in [0.717, 1.165) is 11.1 Å². The largest absolute Gasteiger partial charge is 0.269 e. The van der Waals surface area contributed by atoms with Gasteiger partial charge in [0, 0.05) is 17.0 Å². The van der Waals surface area contributed by atoms with Crippen molar-refractivity contribution >= 4 is 21.6 Å². The summed E-state index contributed by atoms with van der Waals surface area (Å²) in [6, 6.07) is 11.5. The summed E-state index contributed by atoms with van der Waals surface area (Å²) < 4.78 is 13.5. The molecule has 0 saturated carbocycles. The highest BCUT2D eigenvalue weighted by Gasteiger charge is 2.11. The average Bonchev–Trinajstić information content (AvgIpc) is 2.42. The van der Waals surface area contributed by atoms with Crippen LogP contribution in [0.4, 0.5) is 10.1 Å². The third-order valence-electron chi connectivity index (χ3n) is 3.12. The number of hydrogen-bond donors (Lipinski definition) is 0. The third-order valence-corrected chi connectivity index (χ3v) is 3.97. The number of halogens is 2. The van der Waals surface area contributed by atoms with Crippen molar-refractivity contribution in [1.82, 2.24) is 0 Å². The highest BCUT2D eigenvalue weighted by molar-refractivity contribution is 9.09. The summed E-state index contributed by atoms with van der Waals surface area (Å²) in [5, 5.41) is 10.6. The Bertz CT molecular complexity index is 628. The Morgan fingerprint density at radius 3 is 2.45 bits per heavy atom. The SMILES string of the molecule is Cc1ccc(C(Br)Cc2ccc([N+](=O)[O-])cc2)cc1F. The second kappa shape index (κ2) is 6.13. The van der Waals surface area contributed by atoms with Crippen LogP contribution in [-0.4, -0.2) is 4.92 Å². The lowest BCUT2D eigenvalue weighted by atomic mass is 10.0. The molecule has 0 aliphatic carbocycles. The first-order valence-corrected chi connectivity index (χ1v) is 7.02. The fraction of sp³-hybridized carbons (Fsp3) is 0.200. The van der Waals surface area contributed by atoms with Gasteiger partial charge in [0.15, 0.2) is 0 Å². The van der Waals surface area contributed by atoms with Crippen LogP contribution in [0, 0.1) is 22.9 Å². The van der Waals surface area contributed by atoms with Crippen LogP contribution in [0.2, 0.25) is 0 Å². The maximum atomic E-state index is 13.5. The molecule has 0 aliphatic heterocycles. The molecule has 2 aromatic carbocycles. The summed E-state index contributed by atoms with van der Waals surface area (Å²) in [6.45, 7) is 1.72. The van der Waals surface area contributed by atoms with Gasteiger partial charge in [0.05, 0.1) is 4.92 Å². The molecule has 0 heterocycles. The summed E-state index contributed by atoms with van der Waals surface area (Å²) in [5.74, 6) is -0.226. The summed E-state index contributed by atoms with van der Waals surface area (Å²) in [4.78, 5) is 10.1. The van der Waals surface area contributed by atoms with Crippen LogP contribution in [0.25, 0.3) is 0 Å². The molecule has 0 N–H and O–H groups in total. The lowest BCUT2D eigenvalue weighted by Gasteiger charge is -2.11. The molecule has 20 heavy (non-hydrogen) atoms. The maximum absolute atomic E-state index is 13.5. The topological polar surface area (TPSA) is 43.1 Å². The zero-order chi connectivity index (χ0) is 14.7. The van der Waals surface area contributed by atoms with Crippen LogP contribution in [0.1, 0.15) is 21.5 Å². The normalized spacial score (nSPS) is 12.2. The minimum Gasteiger partial charge on any atom is -0.258 e. The predicted octanol–water partition coefficient (Wildman–Crippen LogP) is 4.72. The van der Waals surface area contributed by atoms with Crippen LogP contribution < -0.4 is 0 Å². The Labute approximate surface area is 124 Å². The molecule has 104 valence electrons. The van der Waals surface area contributed by atoms with Gasteiger partial charge in [-0.05, 0) is 36.1 Å². The molecule has 0 amide bonds. The van der Waals surface area contributed by atoms with E-state index in [0.29, 0.717) is 12.0 Å². The van der Waals surface area contributed by atoms with Crippen LogP contribution in [0.3, 0.4) is 0 Å². The van der Waals surface area contributed by atoms with Gasteiger partial charge < -0.3 is 0 Å². The van der Waals surface area contributed by atoms with Gasteiger partial charge in [-0.3, -0.25) is 10.1 Å². The molecule has 0 aromatic heterocycles. The highest BCUT2D eigenvalue weighted by Crippen LogP contribution is 2.28. The number of benzene rings is 2. The molecule has 0 aliphatic rings. The lowest BCUT2D eigenvalue weighted by molar-refractivity contribution is -0.384. The minimum absolute atomic E-state index is 0.0287. The van der Waals surface area contributed by atoms with Gasteiger partial charge in [-0.2, -0.15) is 0 Å². The smallest absolute Gasteiger partial charge is 0.258 e. The van der Waals surface area contributed by atoms with Crippen molar-refractivity contribution in [2.45, 2.75) is 18.2 Å². The van der Waals surface area contributed by atoms with Crippen molar-refractivity contribution in [2.75, 3.05) is 0 Å². The predicted molar refractivity (Wildman–Crippen MR) is 79.6 cm³/mol. The van der Waals surface area contributed by atoms with E-state index >= 15 is 0 Å². The molecular formula is C15H13BrFNO2. The van der Waals surface area contributed by atoms with Crippen LogP contribution in [0.15, 0.2) is 42.5 Å². The molecular weight excluding hydrogens is 325 g/mol. The van der Waals surface area contributed by atoms with E-state index in [4.69, 9.17) is 0 Å². The summed E-state index contributed by atoms with van der Waals surface area (Å²) in [5.41, 5.74) is 2.50. The number of nitrogens with zero attached hydrogens (tertiary/aromatic N) is 1. The molecule has 0 saturated heterocycles. The van der Waals surface area contributed by atoms with Gasteiger partial charge in [0.2, 0.25) is 0 Å². The van der Waals surface area contributed by atoms with Crippen molar-refractivity contribution in [2.24, 2.45) is 0 Å². The summed E-state index contributed by atoms with van der Waals surface area (Å²) in [7, 11) is 0. The Kier molecular flexibility index (Phi) is 4.49. The second-order valence-corrected chi connectivity index (χ2v) is 5.71. The van der Waals surface area contributed by atoms with Gasteiger partial charge in [0.1, 0.15) is 5.82 Å². The Morgan fingerprint density at radius 2 is 1.90 bits per heavy atom. The van der Waals surface area contributed by atoms with Gasteiger partial charge in [-0.15, -0.1) is 0 Å². The summed E-state index contributed by atoms with van der Waals surface area (Å²) >= 11 is 3.53. The molecule has 0 radical (unpaired) electrons. The average molecular weight is 338 g/mol. The van der Waals surface area contributed by atoms with E-state index in [1.807, 2.05) is 6.07 Å². The van der Waals surface area contributed by atoms with E-state index in [1.165, 1.54) is 18.2 Å². The molecule has 0 fully saturated rings. The molecule has 0 bridgehead atoms. The number of rotatable bonds is 4.